The number of carbonyl (C=O) groups excluding carboxylic acids is 3. The predicted octanol–water partition coefficient (Wildman–Crippen LogP) is 3.90. The summed E-state index contributed by atoms with van der Waals surface area (Å²) in [4.78, 5) is 35.5. The first kappa shape index (κ1) is 17.9. The van der Waals surface area contributed by atoms with Gasteiger partial charge in [-0.05, 0) is 49.2 Å². The summed E-state index contributed by atoms with van der Waals surface area (Å²) in [5.74, 6) is -0.519. The van der Waals surface area contributed by atoms with Gasteiger partial charge in [0.1, 0.15) is 0 Å². The monoisotopic (exact) mass is 371 g/mol. The van der Waals surface area contributed by atoms with Gasteiger partial charge in [-0.1, -0.05) is 17.7 Å². The molecule has 0 spiro atoms. The zero-order chi connectivity index (χ0) is 18.7. The second-order valence-corrected chi connectivity index (χ2v) is 6.58. The summed E-state index contributed by atoms with van der Waals surface area (Å²) in [5, 5.41) is 8.52. The van der Waals surface area contributed by atoms with E-state index in [0.29, 0.717) is 27.6 Å². The molecule has 7 heteroatoms. The average Bonchev–Trinajstić information content (AvgIpc) is 3.42. The maximum absolute atomic E-state index is 12.5. The predicted molar refractivity (Wildman–Crippen MR) is 102 cm³/mol. The van der Waals surface area contributed by atoms with Gasteiger partial charge in [-0.25, -0.2) is 0 Å². The number of nitrogens with one attached hydrogen (secondary N) is 3. The highest BCUT2D eigenvalue weighted by molar-refractivity contribution is 6.34. The summed E-state index contributed by atoms with van der Waals surface area (Å²) in [6.07, 6.45) is 1.82. The molecule has 3 N–H and O–H groups in total. The van der Waals surface area contributed by atoms with E-state index in [1.54, 1.807) is 42.5 Å². The van der Waals surface area contributed by atoms with Gasteiger partial charge in [0.05, 0.1) is 10.7 Å². The summed E-state index contributed by atoms with van der Waals surface area (Å²) < 4.78 is 0. The SMILES string of the molecule is CC(=O)Nc1ccc(Cl)c(NC(=O)c2cccc(NC(=O)C3CC3)c2)c1. The summed E-state index contributed by atoms with van der Waals surface area (Å²) >= 11 is 6.12. The van der Waals surface area contributed by atoms with E-state index in [9.17, 15) is 14.4 Å². The largest absolute Gasteiger partial charge is 0.326 e. The van der Waals surface area contributed by atoms with Gasteiger partial charge < -0.3 is 16.0 Å². The Hall–Kier alpha value is -2.86. The molecule has 3 rings (SSSR count). The van der Waals surface area contributed by atoms with E-state index in [-0.39, 0.29) is 23.6 Å². The zero-order valence-corrected chi connectivity index (χ0v) is 14.9. The Kier molecular flexibility index (Phi) is 5.23. The lowest BCUT2D eigenvalue weighted by molar-refractivity contribution is -0.117. The Morgan fingerprint density at radius 2 is 1.69 bits per heavy atom. The highest BCUT2D eigenvalue weighted by atomic mass is 35.5. The lowest BCUT2D eigenvalue weighted by atomic mass is 10.1. The van der Waals surface area contributed by atoms with Crippen LogP contribution >= 0.6 is 11.6 Å². The van der Waals surface area contributed by atoms with Gasteiger partial charge >= 0.3 is 0 Å². The third kappa shape index (κ3) is 4.61. The van der Waals surface area contributed by atoms with E-state index in [4.69, 9.17) is 11.6 Å². The van der Waals surface area contributed by atoms with Crippen LogP contribution in [0.25, 0.3) is 0 Å². The highest BCUT2D eigenvalue weighted by Crippen LogP contribution is 2.30. The molecule has 6 nitrogen and oxygen atoms in total. The molecule has 134 valence electrons. The minimum absolute atomic E-state index is 0.0198. The standard InChI is InChI=1S/C19H18ClN3O3/c1-11(24)21-15-7-8-16(20)17(10-15)23-19(26)13-3-2-4-14(9-13)22-18(25)12-5-6-12/h2-4,7-10,12H,5-6H2,1H3,(H,21,24)(H,22,25)(H,23,26). The van der Waals surface area contributed by atoms with E-state index in [1.807, 2.05) is 0 Å². The average molecular weight is 372 g/mol. The highest BCUT2D eigenvalue weighted by Gasteiger charge is 2.29. The maximum atomic E-state index is 12.5. The first-order valence-electron chi connectivity index (χ1n) is 8.22. The van der Waals surface area contributed by atoms with Crippen LogP contribution in [0.4, 0.5) is 17.1 Å². The molecule has 0 bridgehead atoms. The van der Waals surface area contributed by atoms with Gasteiger partial charge in [-0.3, -0.25) is 14.4 Å². The fourth-order valence-electron chi connectivity index (χ4n) is 2.42. The van der Waals surface area contributed by atoms with Crippen molar-refractivity contribution < 1.29 is 14.4 Å². The van der Waals surface area contributed by atoms with Crippen molar-refractivity contribution in [2.24, 2.45) is 5.92 Å². The van der Waals surface area contributed by atoms with Crippen molar-refractivity contribution in [1.82, 2.24) is 0 Å². The fourth-order valence-corrected chi connectivity index (χ4v) is 2.59. The van der Waals surface area contributed by atoms with Gasteiger partial charge in [0, 0.05) is 29.8 Å². The molecular weight excluding hydrogens is 354 g/mol. The van der Waals surface area contributed by atoms with Crippen molar-refractivity contribution in [3.63, 3.8) is 0 Å². The van der Waals surface area contributed by atoms with Crippen LogP contribution in [0.15, 0.2) is 42.5 Å². The van der Waals surface area contributed by atoms with Crippen molar-refractivity contribution in [3.05, 3.63) is 53.1 Å². The quantitative estimate of drug-likeness (QED) is 0.744. The van der Waals surface area contributed by atoms with Crippen LogP contribution in [0.5, 0.6) is 0 Å². The third-order valence-corrected chi connectivity index (χ3v) is 4.20. The Balaban J connectivity index is 1.73. The lowest BCUT2D eigenvalue weighted by Gasteiger charge is -2.11. The topological polar surface area (TPSA) is 87.3 Å². The molecule has 0 atom stereocenters. The molecule has 1 fully saturated rings. The first-order valence-corrected chi connectivity index (χ1v) is 8.59. The van der Waals surface area contributed by atoms with Gasteiger partial charge in [-0.2, -0.15) is 0 Å². The van der Waals surface area contributed by atoms with Crippen molar-refractivity contribution in [3.8, 4) is 0 Å². The minimum Gasteiger partial charge on any atom is -0.326 e. The van der Waals surface area contributed by atoms with E-state index in [1.165, 1.54) is 6.92 Å². The van der Waals surface area contributed by atoms with E-state index in [2.05, 4.69) is 16.0 Å². The molecular formula is C19H18ClN3O3. The smallest absolute Gasteiger partial charge is 0.255 e. The zero-order valence-electron chi connectivity index (χ0n) is 14.1. The Labute approximate surface area is 155 Å². The van der Waals surface area contributed by atoms with Crippen LogP contribution in [0.3, 0.4) is 0 Å². The van der Waals surface area contributed by atoms with Crippen LogP contribution in [-0.4, -0.2) is 17.7 Å². The number of hydrogen-bond donors (Lipinski definition) is 3. The Bertz CT molecular complexity index is 878. The molecule has 0 saturated heterocycles. The number of hydrogen-bond acceptors (Lipinski definition) is 3. The summed E-state index contributed by atoms with van der Waals surface area (Å²) in [5.41, 5.74) is 1.88. The number of halogens is 1. The maximum Gasteiger partial charge on any atom is 0.255 e. The number of rotatable bonds is 5. The van der Waals surface area contributed by atoms with E-state index in [0.717, 1.165) is 12.8 Å². The van der Waals surface area contributed by atoms with Crippen LogP contribution in [0.1, 0.15) is 30.1 Å². The molecule has 1 aliphatic carbocycles. The molecule has 26 heavy (non-hydrogen) atoms. The second-order valence-electron chi connectivity index (χ2n) is 6.17. The molecule has 1 aliphatic rings. The first-order chi connectivity index (χ1) is 12.4. The van der Waals surface area contributed by atoms with Crippen molar-refractivity contribution in [2.75, 3.05) is 16.0 Å². The second kappa shape index (κ2) is 7.58. The molecule has 0 aliphatic heterocycles. The molecule has 2 aromatic carbocycles. The van der Waals surface area contributed by atoms with Gasteiger partial charge in [-0.15, -0.1) is 0 Å². The number of benzene rings is 2. The van der Waals surface area contributed by atoms with E-state index >= 15 is 0 Å². The fraction of sp³-hybridized carbons (Fsp3) is 0.211. The molecule has 0 radical (unpaired) electrons. The number of amides is 3. The van der Waals surface area contributed by atoms with Crippen molar-refractivity contribution >= 4 is 46.4 Å². The van der Waals surface area contributed by atoms with Crippen LogP contribution in [-0.2, 0) is 9.59 Å². The van der Waals surface area contributed by atoms with Gasteiger partial charge in [0.25, 0.3) is 5.91 Å². The molecule has 3 amide bonds. The summed E-state index contributed by atoms with van der Waals surface area (Å²) in [7, 11) is 0. The third-order valence-electron chi connectivity index (χ3n) is 3.88. The van der Waals surface area contributed by atoms with E-state index < -0.39 is 0 Å². The van der Waals surface area contributed by atoms with Crippen molar-refractivity contribution in [2.45, 2.75) is 19.8 Å². The Morgan fingerprint density at radius 1 is 0.962 bits per heavy atom. The van der Waals surface area contributed by atoms with Crippen LogP contribution in [0.2, 0.25) is 5.02 Å². The van der Waals surface area contributed by atoms with Crippen molar-refractivity contribution in [1.29, 1.82) is 0 Å². The molecule has 0 aromatic heterocycles. The van der Waals surface area contributed by atoms with Gasteiger partial charge in [0.2, 0.25) is 11.8 Å². The lowest BCUT2D eigenvalue weighted by Crippen LogP contribution is -2.15. The summed E-state index contributed by atoms with van der Waals surface area (Å²) in [6, 6.07) is 11.5. The molecule has 0 unspecified atom stereocenters. The molecule has 1 saturated carbocycles. The number of carbonyl (C=O) groups is 3. The van der Waals surface area contributed by atoms with Gasteiger partial charge in [0.15, 0.2) is 0 Å². The van der Waals surface area contributed by atoms with Crippen LogP contribution in [0, 0.1) is 5.92 Å². The molecule has 2 aromatic rings. The Morgan fingerprint density at radius 3 is 2.38 bits per heavy atom. The number of anilines is 3. The van der Waals surface area contributed by atoms with Crippen LogP contribution < -0.4 is 16.0 Å². The summed E-state index contributed by atoms with van der Waals surface area (Å²) in [6.45, 7) is 1.40. The molecule has 0 heterocycles. The minimum atomic E-state index is -0.366. The normalized spacial score (nSPS) is 13.0.